The molecule has 128 valence electrons. The van der Waals surface area contributed by atoms with Crippen LogP contribution in [0.1, 0.15) is 11.9 Å². The van der Waals surface area contributed by atoms with Gasteiger partial charge in [0, 0.05) is 17.2 Å². The molecule has 0 saturated carbocycles. The molecule has 0 aliphatic carbocycles. The Morgan fingerprint density at radius 1 is 1.54 bits per heavy atom. The van der Waals surface area contributed by atoms with Crippen LogP contribution in [0.25, 0.3) is 0 Å². The lowest BCUT2D eigenvalue weighted by Crippen LogP contribution is -2.52. The molecular weight excluding hydrogens is 324 g/mol. The fraction of sp³-hybridized carbons (Fsp3) is 0.538. The first-order valence-electron chi connectivity index (χ1n) is 7.15. The Kier molecular flexibility index (Phi) is 4.77. The van der Waals surface area contributed by atoms with Crippen molar-refractivity contribution in [1.29, 1.82) is 0 Å². The number of ether oxygens (including phenoxy) is 1. The van der Waals surface area contributed by atoms with E-state index in [2.05, 4.69) is 0 Å². The van der Waals surface area contributed by atoms with Gasteiger partial charge in [-0.05, 0) is 6.92 Å². The third-order valence-electron chi connectivity index (χ3n) is 3.80. The summed E-state index contributed by atoms with van der Waals surface area (Å²) in [6.45, 7) is 0.199. The van der Waals surface area contributed by atoms with Crippen LogP contribution in [0.5, 0.6) is 0 Å². The minimum atomic E-state index is -2.86. The first kappa shape index (κ1) is 18.4. The Morgan fingerprint density at radius 3 is 2.67 bits per heavy atom. The van der Waals surface area contributed by atoms with Gasteiger partial charge in [0.25, 0.3) is 5.56 Å². The minimum absolute atomic E-state index is 0.0569. The molecule has 0 spiro atoms. The molecule has 0 aromatic carbocycles. The highest BCUT2D eigenvalue weighted by atomic mass is 19.1. The van der Waals surface area contributed by atoms with Gasteiger partial charge in [-0.2, -0.15) is 0 Å². The number of nitrogens with one attached hydrogen (secondary N) is 1. The second kappa shape index (κ2) is 6.20. The third kappa shape index (κ3) is 3.04. The predicted octanol–water partition coefficient (Wildman–Crippen LogP) is -3.30. The van der Waals surface area contributed by atoms with E-state index in [4.69, 9.17) is 4.74 Å². The second-order valence-electron chi connectivity index (χ2n) is 6.16. The summed E-state index contributed by atoms with van der Waals surface area (Å²) in [4.78, 5) is 25.4. The molecular formula is C13H16B2F2N2O5. The Hall–Kier alpha value is -1.89. The van der Waals surface area contributed by atoms with Gasteiger partial charge in [-0.1, -0.05) is 11.8 Å². The Morgan fingerprint density at radius 2 is 2.17 bits per heavy atom. The van der Waals surface area contributed by atoms with Crippen LogP contribution in [0.3, 0.4) is 0 Å². The number of aryl methyl sites for hydroxylation is 1. The molecule has 3 N–H and O–H groups in total. The fourth-order valence-corrected chi connectivity index (χ4v) is 2.70. The smallest absolute Gasteiger partial charge is 0.330 e. The fourth-order valence-electron chi connectivity index (χ4n) is 2.70. The maximum absolute atomic E-state index is 15.4. The van der Waals surface area contributed by atoms with Crippen LogP contribution in [0.2, 0.25) is 0 Å². The molecule has 2 unspecified atom stereocenters. The van der Waals surface area contributed by atoms with Gasteiger partial charge in [0.05, 0.1) is 0 Å². The molecule has 7 nitrogen and oxygen atoms in total. The van der Waals surface area contributed by atoms with Crippen LogP contribution in [0.4, 0.5) is 8.78 Å². The van der Waals surface area contributed by atoms with Crippen LogP contribution in [-0.4, -0.2) is 65.4 Å². The number of aliphatic hydroxyl groups is 2. The zero-order valence-corrected chi connectivity index (χ0v) is 13.3. The van der Waals surface area contributed by atoms with E-state index in [9.17, 15) is 24.2 Å². The van der Waals surface area contributed by atoms with Gasteiger partial charge < -0.3 is 14.9 Å². The van der Waals surface area contributed by atoms with E-state index in [1.54, 1.807) is 0 Å². The monoisotopic (exact) mass is 340 g/mol. The number of H-pyrrole nitrogens is 1. The van der Waals surface area contributed by atoms with Crippen LogP contribution in [0.15, 0.2) is 15.7 Å². The first-order valence-corrected chi connectivity index (χ1v) is 7.15. The maximum atomic E-state index is 15.4. The first-order chi connectivity index (χ1) is 11.0. The van der Waals surface area contributed by atoms with Crippen LogP contribution in [-0.2, 0) is 4.74 Å². The average Bonchev–Trinajstić information content (AvgIpc) is 2.69. The van der Waals surface area contributed by atoms with Gasteiger partial charge in [-0.15, -0.1) is 0 Å². The van der Waals surface area contributed by atoms with Crippen LogP contribution in [0, 0.1) is 18.8 Å². The highest BCUT2D eigenvalue weighted by molar-refractivity contribution is 6.39. The summed E-state index contributed by atoms with van der Waals surface area (Å²) >= 11 is 0. The van der Waals surface area contributed by atoms with Crippen molar-refractivity contribution in [2.45, 2.75) is 36.4 Å². The summed E-state index contributed by atoms with van der Waals surface area (Å²) in [7, 11) is 2.57. The number of aromatic amines is 1. The van der Waals surface area contributed by atoms with Crippen molar-refractivity contribution >= 4 is 15.7 Å². The predicted molar refractivity (Wildman–Crippen MR) is 85.6 cm³/mol. The highest BCUT2D eigenvalue weighted by Crippen LogP contribution is 2.43. The van der Waals surface area contributed by atoms with E-state index in [1.165, 1.54) is 22.6 Å². The Bertz CT molecular complexity index is 810. The molecule has 1 saturated heterocycles. The molecule has 0 bridgehead atoms. The van der Waals surface area contributed by atoms with Gasteiger partial charge >= 0.3 is 5.69 Å². The maximum Gasteiger partial charge on any atom is 0.330 e. The molecule has 1 aromatic heterocycles. The molecule has 1 aromatic rings. The molecule has 2 rings (SSSR count). The molecule has 1 aliphatic rings. The standard InChI is InChI=1S/C13H16B2F2N2O5/c1-6-5-7(20)18-11(22)19(6)10-12(17,3-2-4-16)8(21)9(24-10)13(14,15)23/h5,8-10,21,23H,4,14-15H2,1H3,(H,18,20,22)/t8?,9?,10-,12-/m1/s1. The van der Waals surface area contributed by atoms with Crippen molar-refractivity contribution in [3.63, 3.8) is 0 Å². The van der Waals surface area contributed by atoms with Gasteiger partial charge in [-0.3, -0.25) is 14.3 Å². The number of alkyl halides is 2. The van der Waals surface area contributed by atoms with Gasteiger partial charge in [0.2, 0.25) is 5.67 Å². The summed E-state index contributed by atoms with van der Waals surface area (Å²) in [5, 5.41) is 18.7. The van der Waals surface area contributed by atoms with Crippen molar-refractivity contribution in [3.05, 3.63) is 32.6 Å². The lowest BCUT2D eigenvalue weighted by molar-refractivity contribution is -0.0772. The number of rotatable bonds is 2. The summed E-state index contributed by atoms with van der Waals surface area (Å²) in [6, 6.07) is 1.04. The molecule has 2 heterocycles. The van der Waals surface area contributed by atoms with Crippen molar-refractivity contribution in [1.82, 2.24) is 9.55 Å². The SMILES string of the molecule is BC(B)(O)C1O[C@@H](n2c(C)cc(=O)[nH]c2=O)[C@@](F)(C#CCF)C1O. The van der Waals surface area contributed by atoms with Crippen molar-refractivity contribution in [2.24, 2.45) is 0 Å². The Balaban J connectivity index is 2.66. The summed E-state index contributed by atoms with van der Waals surface area (Å²) in [5.41, 5.74) is -4.46. The van der Waals surface area contributed by atoms with E-state index in [-0.39, 0.29) is 5.69 Å². The van der Waals surface area contributed by atoms with E-state index in [1.807, 2.05) is 16.8 Å². The molecule has 0 radical (unpaired) electrons. The van der Waals surface area contributed by atoms with Crippen molar-refractivity contribution < 1.29 is 23.7 Å². The normalized spacial score (nSPS) is 30.0. The quantitative estimate of drug-likeness (QED) is 0.387. The molecule has 1 aliphatic heterocycles. The molecule has 11 heteroatoms. The summed E-state index contributed by atoms with van der Waals surface area (Å²) < 4.78 is 33.9. The number of halogens is 2. The largest absolute Gasteiger partial charge is 0.405 e. The topological polar surface area (TPSA) is 105 Å². The molecule has 0 amide bonds. The van der Waals surface area contributed by atoms with E-state index >= 15 is 4.39 Å². The van der Waals surface area contributed by atoms with Gasteiger partial charge in [-0.25, -0.2) is 13.6 Å². The van der Waals surface area contributed by atoms with Crippen molar-refractivity contribution in [2.75, 3.05) is 6.67 Å². The minimum Gasteiger partial charge on any atom is -0.405 e. The van der Waals surface area contributed by atoms with Gasteiger partial charge in [0.15, 0.2) is 6.23 Å². The average molecular weight is 340 g/mol. The van der Waals surface area contributed by atoms with Crippen LogP contribution < -0.4 is 11.2 Å². The number of hydrogen-bond donors (Lipinski definition) is 3. The third-order valence-corrected chi connectivity index (χ3v) is 3.80. The zero-order chi connectivity index (χ0) is 18.3. The molecule has 4 atom stereocenters. The second-order valence-corrected chi connectivity index (χ2v) is 6.16. The summed E-state index contributed by atoms with van der Waals surface area (Å²) in [6.07, 6.45) is -5.15. The number of aliphatic hydroxyl groups excluding tert-OH is 1. The number of nitrogens with zero attached hydrogens (tertiary/aromatic N) is 1. The zero-order valence-electron chi connectivity index (χ0n) is 13.3. The van der Waals surface area contributed by atoms with E-state index in [0.717, 1.165) is 10.6 Å². The Labute approximate surface area is 137 Å². The van der Waals surface area contributed by atoms with Crippen LogP contribution >= 0.6 is 0 Å². The molecule has 1 fully saturated rings. The van der Waals surface area contributed by atoms with E-state index < -0.39 is 47.4 Å². The lowest BCUT2D eigenvalue weighted by atomic mass is 9.60. The molecule has 24 heavy (non-hydrogen) atoms. The summed E-state index contributed by atoms with van der Waals surface area (Å²) in [5.74, 6) is 3.83. The van der Waals surface area contributed by atoms with E-state index in [0.29, 0.717) is 0 Å². The number of aromatic nitrogens is 2. The highest BCUT2D eigenvalue weighted by Gasteiger charge is 2.61. The van der Waals surface area contributed by atoms with Gasteiger partial charge in [0.1, 0.15) is 34.6 Å². The number of hydrogen-bond acceptors (Lipinski definition) is 5. The lowest BCUT2D eigenvalue weighted by Gasteiger charge is -2.28. The van der Waals surface area contributed by atoms with Crippen molar-refractivity contribution in [3.8, 4) is 11.8 Å².